The summed E-state index contributed by atoms with van der Waals surface area (Å²) in [6.07, 6.45) is 6.35. The molecule has 2 N–H and O–H groups in total. The van der Waals surface area contributed by atoms with Crippen molar-refractivity contribution in [3.63, 3.8) is 0 Å². The van der Waals surface area contributed by atoms with Gasteiger partial charge in [-0.3, -0.25) is 0 Å². The van der Waals surface area contributed by atoms with Gasteiger partial charge in [0.25, 0.3) is 0 Å². The van der Waals surface area contributed by atoms with Gasteiger partial charge < -0.3 is 10.3 Å². The van der Waals surface area contributed by atoms with E-state index in [9.17, 15) is 8.42 Å². The maximum atomic E-state index is 13.5. The molecular formula is C19H25N3O3S. The molecule has 1 heterocycles. The van der Waals surface area contributed by atoms with Crippen molar-refractivity contribution in [3.8, 4) is 0 Å². The molecule has 1 aromatic carbocycles. The first-order valence-corrected chi connectivity index (χ1v) is 10.8. The molecule has 0 aliphatic heterocycles. The molecule has 0 amide bonds. The number of rotatable bonds is 4. The first-order chi connectivity index (χ1) is 12.4. The summed E-state index contributed by atoms with van der Waals surface area (Å²) in [6, 6.07) is 6.98. The molecule has 2 aliphatic carbocycles. The van der Waals surface area contributed by atoms with Crippen LogP contribution in [0.1, 0.15) is 68.6 Å². The number of benzene rings is 1. The van der Waals surface area contributed by atoms with Crippen LogP contribution in [0.25, 0.3) is 0 Å². The molecule has 4 rings (SSSR count). The van der Waals surface area contributed by atoms with E-state index in [0.717, 1.165) is 44.1 Å². The number of nitrogens with zero attached hydrogens (tertiary/aromatic N) is 2. The third-order valence-corrected chi connectivity index (χ3v) is 8.52. The second-order valence-corrected chi connectivity index (χ2v) is 10.1. The molecule has 0 bridgehead atoms. The minimum absolute atomic E-state index is 0.210. The maximum Gasteiger partial charge on any atom is 0.248 e. The predicted octanol–water partition coefficient (Wildman–Crippen LogP) is 3.35. The molecule has 0 saturated heterocycles. The molecular weight excluding hydrogens is 350 g/mol. The average molecular weight is 375 g/mol. The van der Waals surface area contributed by atoms with Crippen LogP contribution in [0.5, 0.6) is 0 Å². The Morgan fingerprint density at radius 2 is 1.58 bits per heavy atom. The maximum absolute atomic E-state index is 13.5. The number of aryl methyl sites for hydroxylation is 1. The highest BCUT2D eigenvalue weighted by Crippen LogP contribution is 2.48. The molecule has 6 nitrogen and oxygen atoms in total. The Balaban J connectivity index is 1.78. The van der Waals surface area contributed by atoms with Crippen LogP contribution in [0.4, 0.5) is 0 Å². The topological polar surface area (TPSA) is 99.1 Å². The summed E-state index contributed by atoms with van der Waals surface area (Å²) in [5.41, 5.74) is 6.87. The van der Waals surface area contributed by atoms with Crippen molar-refractivity contribution in [2.75, 3.05) is 0 Å². The highest BCUT2D eigenvalue weighted by Gasteiger charge is 2.53. The zero-order chi connectivity index (χ0) is 18.4. The molecule has 0 radical (unpaired) electrons. The van der Waals surface area contributed by atoms with E-state index in [1.165, 1.54) is 0 Å². The van der Waals surface area contributed by atoms with E-state index < -0.39 is 20.1 Å². The Morgan fingerprint density at radius 3 is 2.19 bits per heavy atom. The Labute approximate surface area is 154 Å². The Kier molecular flexibility index (Phi) is 4.19. The van der Waals surface area contributed by atoms with E-state index in [4.69, 9.17) is 10.3 Å². The van der Waals surface area contributed by atoms with Crippen molar-refractivity contribution < 1.29 is 12.9 Å². The fourth-order valence-electron chi connectivity index (χ4n) is 4.33. The van der Waals surface area contributed by atoms with Gasteiger partial charge in [0.2, 0.25) is 5.89 Å². The highest BCUT2D eigenvalue weighted by atomic mass is 32.2. The van der Waals surface area contributed by atoms with Crippen LogP contribution < -0.4 is 5.73 Å². The summed E-state index contributed by atoms with van der Waals surface area (Å²) >= 11 is 0. The summed E-state index contributed by atoms with van der Waals surface area (Å²) < 4.78 is 31.4. The minimum atomic E-state index is -3.64. The lowest BCUT2D eigenvalue weighted by molar-refractivity contribution is 0.317. The largest absolute Gasteiger partial charge is 0.338 e. The van der Waals surface area contributed by atoms with Crippen LogP contribution in [0.3, 0.4) is 0 Å². The Hall–Kier alpha value is -1.73. The molecule has 1 aromatic heterocycles. The van der Waals surface area contributed by atoms with E-state index in [2.05, 4.69) is 10.1 Å². The molecule has 2 saturated carbocycles. The van der Waals surface area contributed by atoms with Crippen LogP contribution in [0, 0.1) is 6.92 Å². The van der Waals surface area contributed by atoms with Gasteiger partial charge in [-0.25, -0.2) is 8.42 Å². The monoisotopic (exact) mass is 375 g/mol. The second-order valence-electron chi connectivity index (χ2n) is 7.80. The smallest absolute Gasteiger partial charge is 0.248 e. The lowest BCUT2D eigenvalue weighted by Gasteiger charge is -2.25. The van der Waals surface area contributed by atoms with Crippen LogP contribution in [0.2, 0.25) is 0 Å². The SMILES string of the molecule is Cc1ccc(S(=O)(=O)C2(c3nc(C4(N)CCCC4)no3)CCCC2)cc1. The summed E-state index contributed by atoms with van der Waals surface area (Å²) in [4.78, 5) is 4.86. The number of hydrogen-bond acceptors (Lipinski definition) is 6. The predicted molar refractivity (Wildman–Crippen MR) is 97.1 cm³/mol. The van der Waals surface area contributed by atoms with Crippen molar-refractivity contribution in [2.45, 2.75) is 73.5 Å². The van der Waals surface area contributed by atoms with E-state index in [0.29, 0.717) is 23.6 Å². The molecule has 0 spiro atoms. The van der Waals surface area contributed by atoms with Crippen molar-refractivity contribution >= 4 is 9.84 Å². The first kappa shape index (κ1) is 17.7. The average Bonchev–Trinajstić information content (AvgIpc) is 3.36. The van der Waals surface area contributed by atoms with Gasteiger partial charge in [-0.2, -0.15) is 4.98 Å². The van der Waals surface area contributed by atoms with Gasteiger partial charge in [-0.15, -0.1) is 0 Å². The Bertz CT molecular complexity index is 890. The van der Waals surface area contributed by atoms with Crippen molar-refractivity contribution in [3.05, 3.63) is 41.5 Å². The molecule has 2 aliphatic rings. The summed E-state index contributed by atoms with van der Waals surface area (Å²) in [6.45, 7) is 1.94. The number of nitrogens with two attached hydrogens (primary N) is 1. The van der Waals surface area contributed by atoms with E-state index in [-0.39, 0.29) is 5.89 Å². The lowest BCUT2D eigenvalue weighted by Crippen LogP contribution is -2.36. The number of aromatic nitrogens is 2. The fraction of sp³-hybridized carbons (Fsp3) is 0.579. The third kappa shape index (κ3) is 2.60. The van der Waals surface area contributed by atoms with Gasteiger partial charge in [-0.1, -0.05) is 48.5 Å². The Morgan fingerprint density at radius 1 is 1.00 bits per heavy atom. The molecule has 0 atom stereocenters. The number of sulfone groups is 1. The zero-order valence-corrected chi connectivity index (χ0v) is 15.9. The van der Waals surface area contributed by atoms with Crippen molar-refractivity contribution in [1.29, 1.82) is 0 Å². The second kappa shape index (κ2) is 6.16. The van der Waals surface area contributed by atoms with Gasteiger partial charge >= 0.3 is 0 Å². The van der Waals surface area contributed by atoms with E-state index >= 15 is 0 Å². The summed E-state index contributed by atoms with van der Waals surface area (Å²) in [5, 5.41) is 4.11. The molecule has 2 fully saturated rings. The minimum Gasteiger partial charge on any atom is -0.338 e. The molecule has 2 aromatic rings. The highest BCUT2D eigenvalue weighted by molar-refractivity contribution is 7.92. The fourth-order valence-corrected chi connectivity index (χ4v) is 6.41. The quantitative estimate of drug-likeness (QED) is 0.880. The summed E-state index contributed by atoms with van der Waals surface area (Å²) in [7, 11) is -3.64. The van der Waals surface area contributed by atoms with E-state index in [1.54, 1.807) is 12.1 Å². The van der Waals surface area contributed by atoms with Gasteiger partial charge in [-0.05, 0) is 44.7 Å². The lowest BCUT2D eigenvalue weighted by atomic mass is 9.98. The van der Waals surface area contributed by atoms with E-state index in [1.807, 2.05) is 19.1 Å². The molecule has 140 valence electrons. The van der Waals surface area contributed by atoms with Crippen molar-refractivity contribution in [2.24, 2.45) is 5.73 Å². The summed E-state index contributed by atoms with van der Waals surface area (Å²) in [5.74, 6) is 0.665. The van der Waals surface area contributed by atoms with Crippen LogP contribution in [-0.2, 0) is 20.1 Å². The van der Waals surface area contributed by atoms with Gasteiger partial charge in [0.05, 0.1) is 10.4 Å². The standard InChI is InChI=1S/C19H25N3O3S/c1-14-6-8-15(9-7-14)26(23,24)19(12-4-5-13-19)17-21-16(22-25-17)18(20)10-2-3-11-18/h6-9H,2-5,10-13,20H2,1H3. The first-order valence-electron chi connectivity index (χ1n) is 9.32. The normalized spacial score (nSPS) is 21.9. The molecule has 0 unspecified atom stereocenters. The van der Waals surface area contributed by atoms with Crippen molar-refractivity contribution in [1.82, 2.24) is 10.1 Å². The molecule has 26 heavy (non-hydrogen) atoms. The van der Waals surface area contributed by atoms with Gasteiger partial charge in [0.1, 0.15) is 0 Å². The van der Waals surface area contributed by atoms with Gasteiger partial charge in [0, 0.05) is 0 Å². The molecule has 7 heteroatoms. The van der Waals surface area contributed by atoms with Crippen LogP contribution >= 0.6 is 0 Å². The number of hydrogen-bond donors (Lipinski definition) is 1. The van der Waals surface area contributed by atoms with Crippen LogP contribution in [0.15, 0.2) is 33.7 Å². The van der Waals surface area contributed by atoms with Gasteiger partial charge in [0.15, 0.2) is 20.4 Å². The van der Waals surface area contributed by atoms with Crippen LogP contribution in [-0.4, -0.2) is 18.6 Å². The third-order valence-electron chi connectivity index (χ3n) is 6.01. The zero-order valence-electron chi connectivity index (χ0n) is 15.1.